The highest BCUT2D eigenvalue weighted by Crippen LogP contribution is 2.28. The Morgan fingerprint density at radius 3 is 2.48 bits per heavy atom. The highest BCUT2D eigenvalue weighted by Gasteiger charge is 2.41. The maximum Gasteiger partial charge on any atom is 0.320 e. The van der Waals surface area contributed by atoms with Gasteiger partial charge in [-0.2, -0.15) is 8.78 Å². The van der Waals surface area contributed by atoms with Gasteiger partial charge in [-0.15, -0.1) is 0 Å². The molecule has 1 heterocycles. The van der Waals surface area contributed by atoms with E-state index in [0.717, 1.165) is 6.08 Å². The van der Waals surface area contributed by atoms with Gasteiger partial charge in [0.15, 0.2) is 0 Å². The number of nitrogens with one attached hydrogen (secondary N) is 2. The zero-order chi connectivity index (χ0) is 16.2. The van der Waals surface area contributed by atoms with Crippen molar-refractivity contribution in [1.29, 1.82) is 0 Å². The van der Waals surface area contributed by atoms with Crippen LogP contribution in [-0.2, 0) is 9.59 Å². The maximum absolute atomic E-state index is 12.6. The highest BCUT2D eigenvalue weighted by atomic mass is 19.3. The molecule has 1 rings (SSSR count). The Kier molecular flexibility index (Phi) is 6.26. The number of rotatable bonds is 6. The zero-order valence-electron chi connectivity index (χ0n) is 12.4. The third-order valence-electron chi connectivity index (χ3n) is 3.55. The van der Waals surface area contributed by atoms with Crippen LogP contribution in [0.5, 0.6) is 0 Å². The monoisotopic (exact) mass is 304 g/mol. The lowest BCUT2D eigenvalue weighted by Crippen LogP contribution is -2.51. The SMILES string of the molecule is CC(=O)N[C@@H](CC(C)C)[C@@H]1N[C@@H](C(=O)O)C[C@@H]1C=C(F)F. The number of carbonyl (C=O) groups is 2. The van der Waals surface area contributed by atoms with E-state index >= 15 is 0 Å². The first-order chi connectivity index (χ1) is 9.70. The molecule has 5 nitrogen and oxygen atoms in total. The molecule has 0 aromatic rings. The minimum Gasteiger partial charge on any atom is -0.480 e. The molecule has 0 radical (unpaired) electrons. The summed E-state index contributed by atoms with van der Waals surface area (Å²) < 4.78 is 25.2. The predicted molar refractivity (Wildman–Crippen MR) is 73.8 cm³/mol. The van der Waals surface area contributed by atoms with Gasteiger partial charge in [-0.1, -0.05) is 13.8 Å². The second kappa shape index (κ2) is 7.49. The Morgan fingerprint density at radius 1 is 1.43 bits per heavy atom. The van der Waals surface area contributed by atoms with Crippen LogP contribution in [0.2, 0.25) is 0 Å². The fraction of sp³-hybridized carbons (Fsp3) is 0.714. The average Bonchev–Trinajstić information content (AvgIpc) is 2.69. The van der Waals surface area contributed by atoms with Gasteiger partial charge in [0, 0.05) is 24.9 Å². The van der Waals surface area contributed by atoms with E-state index in [1.807, 2.05) is 13.8 Å². The minimum atomic E-state index is -1.83. The van der Waals surface area contributed by atoms with Gasteiger partial charge in [-0.3, -0.25) is 14.9 Å². The van der Waals surface area contributed by atoms with Gasteiger partial charge < -0.3 is 10.4 Å². The molecule has 7 heteroatoms. The molecule has 4 atom stereocenters. The van der Waals surface area contributed by atoms with Gasteiger partial charge >= 0.3 is 5.97 Å². The Balaban J connectivity index is 2.96. The lowest BCUT2D eigenvalue weighted by atomic mass is 9.89. The Morgan fingerprint density at radius 2 is 2.05 bits per heavy atom. The van der Waals surface area contributed by atoms with Crippen LogP contribution in [0.1, 0.15) is 33.6 Å². The number of hydrogen-bond acceptors (Lipinski definition) is 3. The summed E-state index contributed by atoms with van der Waals surface area (Å²) in [6, 6.07) is -1.77. The summed E-state index contributed by atoms with van der Waals surface area (Å²) >= 11 is 0. The average molecular weight is 304 g/mol. The molecule has 0 spiro atoms. The van der Waals surface area contributed by atoms with Crippen molar-refractivity contribution in [2.24, 2.45) is 11.8 Å². The number of aliphatic carboxylic acids is 1. The van der Waals surface area contributed by atoms with Gasteiger partial charge in [0.2, 0.25) is 5.91 Å². The Bertz CT molecular complexity index is 422. The summed E-state index contributed by atoms with van der Waals surface area (Å²) in [6.07, 6.45) is -0.368. The molecule has 1 saturated heterocycles. The largest absolute Gasteiger partial charge is 0.480 e. The topological polar surface area (TPSA) is 78.4 Å². The third-order valence-corrected chi connectivity index (χ3v) is 3.55. The fourth-order valence-electron chi connectivity index (χ4n) is 2.83. The van der Waals surface area contributed by atoms with Crippen LogP contribution >= 0.6 is 0 Å². The number of carbonyl (C=O) groups excluding carboxylic acids is 1. The summed E-state index contributed by atoms with van der Waals surface area (Å²) in [7, 11) is 0. The van der Waals surface area contributed by atoms with E-state index in [1.54, 1.807) is 0 Å². The van der Waals surface area contributed by atoms with Crippen molar-refractivity contribution in [3.05, 3.63) is 12.2 Å². The van der Waals surface area contributed by atoms with E-state index in [-0.39, 0.29) is 24.3 Å². The van der Waals surface area contributed by atoms with E-state index in [1.165, 1.54) is 6.92 Å². The molecule has 0 bridgehead atoms. The van der Waals surface area contributed by atoms with Crippen LogP contribution in [0.15, 0.2) is 12.2 Å². The van der Waals surface area contributed by atoms with Crippen molar-refractivity contribution >= 4 is 11.9 Å². The molecule has 1 aliphatic rings. The summed E-state index contributed by atoms with van der Waals surface area (Å²) in [4.78, 5) is 22.4. The summed E-state index contributed by atoms with van der Waals surface area (Å²) in [5, 5.41) is 14.7. The van der Waals surface area contributed by atoms with E-state index in [9.17, 15) is 18.4 Å². The highest BCUT2D eigenvalue weighted by molar-refractivity contribution is 5.75. The van der Waals surface area contributed by atoms with Crippen LogP contribution in [0, 0.1) is 11.8 Å². The number of amides is 1. The van der Waals surface area contributed by atoms with Gasteiger partial charge in [0.1, 0.15) is 6.04 Å². The Labute approximate surface area is 122 Å². The molecule has 0 aromatic carbocycles. The molecule has 21 heavy (non-hydrogen) atoms. The van der Waals surface area contributed by atoms with Crippen LogP contribution in [0.4, 0.5) is 8.78 Å². The van der Waals surface area contributed by atoms with E-state index in [0.29, 0.717) is 6.42 Å². The quantitative estimate of drug-likeness (QED) is 0.698. The predicted octanol–water partition coefficient (Wildman–Crippen LogP) is 1.75. The van der Waals surface area contributed by atoms with E-state index in [2.05, 4.69) is 10.6 Å². The lowest BCUT2D eigenvalue weighted by molar-refractivity contribution is -0.139. The van der Waals surface area contributed by atoms with Crippen molar-refractivity contribution in [2.45, 2.75) is 51.7 Å². The smallest absolute Gasteiger partial charge is 0.320 e. The molecule has 0 aromatic heterocycles. The van der Waals surface area contributed by atoms with Crippen molar-refractivity contribution in [3.8, 4) is 0 Å². The molecule has 1 fully saturated rings. The Hall–Kier alpha value is -1.50. The second-order valence-electron chi connectivity index (χ2n) is 5.88. The number of hydrogen-bond donors (Lipinski definition) is 3. The first-order valence-corrected chi connectivity index (χ1v) is 6.99. The lowest BCUT2D eigenvalue weighted by Gasteiger charge is -2.29. The zero-order valence-corrected chi connectivity index (χ0v) is 12.4. The van der Waals surface area contributed by atoms with Crippen LogP contribution in [0.25, 0.3) is 0 Å². The van der Waals surface area contributed by atoms with Crippen molar-refractivity contribution in [1.82, 2.24) is 10.6 Å². The molecule has 0 unspecified atom stereocenters. The fourth-order valence-corrected chi connectivity index (χ4v) is 2.83. The summed E-state index contributed by atoms with van der Waals surface area (Å²) in [5.74, 6) is -1.70. The molecular formula is C14H22F2N2O3. The minimum absolute atomic E-state index is 0.0888. The van der Waals surface area contributed by atoms with Crippen LogP contribution in [0.3, 0.4) is 0 Å². The van der Waals surface area contributed by atoms with Crippen LogP contribution < -0.4 is 10.6 Å². The third kappa shape index (κ3) is 5.41. The second-order valence-corrected chi connectivity index (χ2v) is 5.88. The van der Waals surface area contributed by atoms with Crippen molar-refractivity contribution < 1.29 is 23.5 Å². The number of halogens is 2. The number of carboxylic acids is 1. The van der Waals surface area contributed by atoms with Gasteiger partial charge in [-0.05, 0) is 24.8 Å². The summed E-state index contributed by atoms with van der Waals surface area (Å²) in [6.45, 7) is 5.27. The van der Waals surface area contributed by atoms with Gasteiger partial charge in [0.25, 0.3) is 6.08 Å². The first kappa shape index (κ1) is 17.6. The molecule has 0 saturated carbocycles. The molecule has 120 valence electrons. The van der Waals surface area contributed by atoms with Crippen LogP contribution in [-0.4, -0.2) is 35.1 Å². The van der Waals surface area contributed by atoms with E-state index in [4.69, 9.17) is 5.11 Å². The normalized spacial score (nSPS) is 26.5. The number of carboxylic acid groups (broad SMARTS) is 1. The molecule has 0 aliphatic carbocycles. The van der Waals surface area contributed by atoms with Gasteiger partial charge in [-0.25, -0.2) is 0 Å². The van der Waals surface area contributed by atoms with Crippen molar-refractivity contribution in [2.75, 3.05) is 0 Å². The molecular weight excluding hydrogens is 282 g/mol. The molecule has 1 amide bonds. The molecule has 1 aliphatic heterocycles. The summed E-state index contributed by atoms with van der Waals surface area (Å²) in [5.41, 5.74) is 0. The maximum atomic E-state index is 12.6. The van der Waals surface area contributed by atoms with Crippen molar-refractivity contribution in [3.63, 3.8) is 0 Å². The van der Waals surface area contributed by atoms with E-state index < -0.39 is 30.1 Å². The van der Waals surface area contributed by atoms with Gasteiger partial charge in [0.05, 0.1) is 0 Å². The molecule has 3 N–H and O–H groups in total. The standard InChI is InChI=1S/C14H22F2N2O3/c1-7(2)4-10(17-8(3)19)13-9(6-12(15)16)5-11(18-13)14(20)21/h6-7,9-11,13,18H,4-5H2,1-3H3,(H,17,19)(H,20,21)/t9-,10+,11-,13-/m1/s1. The first-order valence-electron chi connectivity index (χ1n) is 6.99.